The van der Waals surface area contributed by atoms with Gasteiger partial charge in [0.15, 0.2) is 33.0 Å². The fraction of sp³-hybridized carbons (Fsp3) is 0.400. The van der Waals surface area contributed by atoms with Crippen LogP contribution in [-0.2, 0) is 9.47 Å². The average molecular weight is 1070 g/mol. The molecule has 3 aliphatic rings. The number of carbonyl (C=O) groups excluding carboxylic acids is 2. The summed E-state index contributed by atoms with van der Waals surface area (Å²) in [6.45, 7) is 14.3. The van der Waals surface area contributed by atoms with Gasteiger partial charge >= 0.3 is 17.9 Å². The zero-order valence-corrected chi connectivity index (χ0v) is 41.4. The third-order valence-electron chi connectivity index (χ3n) is 11.5. The van der Waals surface area contributed by atoms with Gasteiger partial charge in [-0.15, -0.1) is 0 Å². The molecule has 9 rings (SSSR count). The number of benzene rings is 3. The van der Waals surface area contributed by atoms with Crippen LogP contribution >= 0.6 is 15.9 Å². The van der Waals surface area contributed by atoms with E-state index in [-0.39, 0.29) is 69.5 Å². The minimum Gasteiger partial charge on any atom is -0.475 e. The van der Waals surface area contributed by atoms with Crippen molar-refractivity contribution < 1.29 is 55.4 Å². The summed E-state index contributed by atoms with van der Waals surface area (Å²) < 4.78 is 67.1. The lowest BCUT2D eigenvalue weighted by atomic mass is 10.1. The van der Waals surface area contributed by atoms with E-state index in [1.54, 1.807) is 13.8 Å². The molecule has 0 spiro atoms. The van der Waals surface area contributed by atoms with Gasteiger partial charge in [-0.2, -0.15) is 0 Å². The number of halogens is 4. The van der Waals surface area contributed by atoms with Crippen LogP contribution in [-0.4, -0.2) is 151 Å². The Bertz CT molecular complexity index is 3070. The van der Waals surface area contributed by atoms with Gasteiger partial charge in [0.1, 0.15) is 17.5 Å². The van der Waals surface area contributed by atoms with Gasteiger partial charge in [0, 0.05) is 109 Å². The van der Waals surface area contributed by atoms with Crippen molar-refractivity contribution in [3.05, 3.63) is 124 Å². The molecule has 6 aromatic rings. The lowest BCUT2D eigenvalue weighted by Gasteiger charge is -2.34. The first-order valence-electron chi connectivity index (χ1n) is 22.7. The van der Waals surface area contributed by atoms with Crippen LogP contribution in [0.25, 0.3) is 32.9 Å². The molecule has 22 heteroatoms. The van der Waals surface area contributed by atoms with Crippen molar-refractivity contribution in [2.75, 3.05) is 123 Å². The van der Waals surface area contributed by atoms with E-state index in [0.29, 0.717) is 37.6 Å². The third-order valence-corrected chi connectivity index (χ3v) is 12.1. The number of hydrogen-bond donors (Lipinski definition) is 2. The highest BCUT2D eigenvalue weighted by atomic mass is 79.9. The lowest BCUT2D eigenvalue weighted by molar-refractivity contribution is 0.0482. The quantitative estimate of drug-likeness (QED) is 0.169. The average Bonchev–Trinajstić information content (AvgIpc) is 3.33. The van der Waals surface area contributed by atoms with Gasteiger partial charge in [0.05, 0.1) is 45.2 Å². The van der Waals surface area contributed by atoms with Crippen molar-refractivity contribution in [1.29, 1.82) is 0 Å². The Hall–Kier alpha value is -6.59. The summed E-state index contributed by atoms with van der Waals surface area (Å²) in [7, 11) is 6.16. The van der Waals surface area contributed by atoms with Crippen LogP contribution in [0.3, 0.4) is 0 Å². The fourth-order valence-electron chi connectivity index (χ4n) is 7.65. The van der Waals surface area contributed by atoms with Crippen molar-refractivity contribution in [2.24, 2.45) is 0 Å². The van der Waals surface area contributed by atoms with Crippen molar-refractivity contribution in [2.45, 2.75) is 21.3 Å². The smallest absolute Gasteiger partial charge is 0.374 e. The van der Waals surface area contributed by atoms with Gasteiger partial charge in [-0.05, 0) is 75.2 Å². The molecule has 388 valence electrons. The van der Waals surface area contributed by atoms with Crippen LogP contribution in [0.4, 0.5) is 24.5 Å². The summed E-state index contributed by atoms with van der Waals surface area (Å²) in [6, 6.07) is 9.95. The van der Waals surface area contributed by atoms with Crippen LogP contribution in [0.1, 0.15) is 52.9 Å². The van der Waals surface area contributed by atoms with Gasteiger partial charge in [-0.25, -0.2) is 27.6 Å². The van der Waals surface area contributed by atoms with E-state index in [4.69, 9.17) is 27.8 Å². The zero-order valence-electron chi connectivity index (χ0n) is 39.8. The highest BCUT2D eigenvalue weighted by Gasteiger charge is 2.24. The molecule has 0 atom stereocenters. The summed E-state index contributed by atoms with van der Waals surface area (Å²) in [5.41, 5.74) is -0.161. The second-order valence-corrected chi connectivity index (χ2v) is 17.5. The minimum atomic E-state index is -1.33. The Kier molecular flexibility index (Phi) is 20.1. The van der Waals surface area contributed by atoms with Crippen LogP contribution in [0.15, 0.2) is 86.7 Å². The molecule has 3 saturated heterocycles. The molecular weight excluding hydrogens is 1010 g/mol. The second-order valence-electron chi connectivity index (χ2n) is 16.7. The molecule has 72 heavy (non-hydrogen) atoms. The number of aromatic carboxylic acids is 1. The predicted octanol–water partition coefficient (Wildman–Crippen LogP) is 6.27. The number of rotatable bonds is 7. The van der Waals surface area contributed by atoms with Gasteiger partial charge in [0.2, 0.25) is 17.3 Å². The van der Waals surface area contributed by atoms with E-state index in [1.165, 1.54) is 25.2 Å². The molecule has 3 aromatic heterocycles. The molecule has 0 unspecified atom stereocenters. The minimum absolute atomic E-state index is 0. The van der Waals surface area contributed by atoms with Crippen LogP contribution in [0.5, 0.6) is 0 Å². The van der Waals surface area contributed by atoms with E-state index in [2.05, 4.69) is 43.0 Å². The number of carboxylic acid groups (broad SMARTS) is 1. The number of hydrogen-bond acceptors (Lipinski definition) is 17. The number of nitrogens with one attached hydrogen (secondary N) is 1. The number of ether oxygens (including phenoxy) is 2. The molecule has 0 amide bonds. The monoisotopic (exact) mass is 1070 g/mol. The largest absolute Gasteiger partial charge is 0.475 e. The molecule has 3 fully saturated rings. The third kappa shape index (κ3) is 14.3. The van der Waals surface area contributed by atoms with Gasteiger partial charge < -0.3 is 57.6 Å². The highest BCUT2D eigenvalue weighted by molar-refractivity contribution is 9.10. The topological polar surface area (TPSA) is 209 Å². The fourth-order valence-corrected chi connectivity index (χ4v) is 8.16. The van der Waals surface area contributed by atoms with Gasteiger partial charge in [0.25, 0.3) is 0 Å². The van der Waals surface area contributed by atoms with E-state index in [1.807, 2.05) is 23.9 Å². The van der Waals surface area contributed by atoms with E-state index >= 15 is 0 Å². The summed E-state index contributed by atoms with van der Waals surface area (Å²) in [5.74, 6) is -5.20. The maximum atomic E-state index is 14.0. The number of piperazine rings is 3. The molecular formula is C50H58BrF3N6O12. The van der Waals surface area contributed by atoms with Gasteiger partial charge in [-0.1, -0.05) is 7.43 Å². The molecule has 3 aliphatic heterocycles. The number of carbonyl (C=O) groups is 3. The van der Waals surface area contributed by atoms with E-state index in [0.717, 1.165) is 81.7 Å². The molecule has 3 aromatic carbocycles. The summed E-state index contributed by atoms with van der Waals surface area (Å²) in [5, 5.41) is 12.5. The van der Waals surface area contributed by atoms with Crippen molar-refractivity contribution in [3.8, 4) is 0 Å². The molecule has 0 saturated carbocycles. The Morgan fingerprint density at radius 3 is 1.28 bits per heavy atom. The van der Waals surface area contributed by atoms with E-state index < -0.39 is 57.4 Å². The van der Waals surface area contributed by atoms with Crippen molar-refractivity contribution >= 4 is 78.1 Å². The standard InChI is InChI=1S/C17H19FN2O4.C15H15FN2O4.C12H8BrFO4.C5H12N2.CH4/c1-3-23-17(22)15-10-14(21)12-8-11(18)9-13(16(12)24-15)20-6-4-19(2)5-7-20;1-17-2-4-18(5-3-17)11-7-9(16)6-10-12(19)8-13(15(20)21)22-14(10)11;1-2-17-12(16)10-5-9(15)7-3-6(14)4-8(13)11(7)18-10;1-7-4-2-6-3-5-7;/h8-10H,3-7H2,1-2H3;6-8H,2-5H2,1H3,(H,20,21);3-5H,2H2,1H3;6H,2-5H2,1H3;1H4. The molecule has 0 aliphatic carbocycles. The number of fused-ring (bicyclic) bond motifs is 3. The Balaban J connectivity index is 0.000000188. The van der Waals surface area contributed by atoms with Gasteiger partial charge in [-0.3, -0.25) is 14.4 Å². The Morgan fingerprint density at radius 1 is 0.556 bits per heavy atom. The first kappa shape index (κ1) is 56.3. The maximum absolute atomic E-state index is 14.0. The SMILES string of the molecule is C.CCOC(=O)c1cc(=O)c2cc(F)cc(Br)c2o1.CCOC(=O)c1cc(=O)c2cc(F)cc(N3CCN(C)CC3)c2o1.CN1CCN(c2cc(F)cc3c(=O)cc(C(=O)O)oc23)CC1.CN1CCNCC1. The molecule has 0 bridgehead atoms. The Labute approximate surface area is 420 Å². The summed E-state index contributed by atoms with van der Waals surface area (Å²) >= 11 is 3.08. The number of carboxylic acids is 1. The van der Waals surface area contributed by atoms with Crippen LogP contribution in [0, 0.1) is 17.5 Å². The molecule has 0 radical (unpaired) electrons. The number of esters is 2. The van der Waals surface area contributed by atoms with Crippen LogP contribution < -0.4 is 31.4 Å². The number of nitrogens with zero attached hydrogens (tertiary/aromatic N) is 5. The number of anilines is 2. The first-order valence-corrected chi connectivity index (χ1v) is 23.5. The zero-order chi connectivity index (χ0) is 51.5. The molecule has 6 heterocycles. The normalized spacial score (nSPS) is 15.3. The van der Waals surface area contributed by atoms with Crippen molar-refractivity contribution in [3.63, 3.8) is 0 Å². The highest BCUT2D eigenvalue weighted by Crippen LogP contribution is 2.30. The van der Waals surface area contributed by atoms with Crippen molar-refractivity contribution in [1.82, 2.24) is 20.0 Å². The summed E-state index contributed by atoms with van der Waals surface area (Å²) in [4.78, 5) is 81.0. The second kappa shape index (κ2) is 25.7. The molecule has 18 nitrogen and oxygen atoms in total. The number of likely N-dealkylation sites (N-methyl/N-ethyl adjacent to an activating group) is 3. The van der Waals surface area contributed by atoms with E-state index in [9.17, 15) is 41.9 Å². The summed E-state index contributed by atoms with van der Waals surface area (Å²) in [6.07, 6.45) is 0. The molecule has 2 N–H and O–H groups in total. The van der Waals surface area contributed by atoms with Crippen LogP contribution in [0.2, 0.25) is 0 Å². The first-order chi connectivity index (χ1) is 33.9. The maximum Gasteiger partial charge on any atom is 0.374 e. The predicted molar refractivity (Wildman–Crippen MR) is 270 cm³/mol. The lowest BCUT2D eigenvalue weighted by Crippen LogP contribution is -2.44. The Morgan fingerprint density at radius 2 is 0.903 bits per heavy atom.